The SMILES string of the molecule is C=CCNc1nc(C2(c3ccccc3)CCCC2)cs1. The van der Waals surface area contributed by atoms with Gasteiger partial charge in [0.15, 0.2) is 5.13 Å². The number of hydrogen-bond acceptors (Lipinski definition) is 3. The summed E-state index contributed by atoms with van der Waals surface area (Å²) >= 11 is 1.70. The molecule has 0 aliphatic heterocycles. The molecule has 0 unspecified atom stereocenters. The summed E-state index contributed by atoms with van der Waals surface area (Å²) in [5.41, 5.74) is 2.78. The van der Waals surface area contributed by atoms with Crippen molar-refractivity contribution in [3.8, 4) is 0 Å². The van der Waals surface area contributed by atoms with E-state index in [2.05, 4.69) is 47.6 Å². The number of aromatic nitrogens is 1. The maximum absolute atomic E-state index is 4.84. The van der Waals surface area contributed by atoms with Crippen LogP contribution in [-0.4, -0.2) is 11.5 Å². The Morgan fingerprint density at radius 2 is 2.00 bits per heavy atom. The Hall–Kier alpha value is -1.61. The lowest BCUT2D eigenvalue weighted by molar-refractivity contribution is 0.522. The van der Waals surface area contributed by atoms with Crippen molar-refractivity contribution in [2.24, 2.45) is 0 Å². The minimum Gasteiger partial charge on any atom is -0.358 e. The first-order chi connectivity index (χ1) is 9.85. The first kappa shape index (κ1) is 13.4. The van der Waals surface area contributed by atoms with Crippen LogP contribution >= 0.6 is 11.3 Å². The normalized spacial score (nSPS) is 17.0. The molecular formula is C17H20N2S. The fraction of sp³-hybridized carbons (Fsp3) is 0.353. The second-order valence-corrected chi connectivity index (χ2v) is 6.22. The number of nitrogens with one attached hydrogen (secondary N) is 1. The molecule has 1 saturated carbocycles. The van der Waals surface area contributed by atoms with E-state index >= 15 is 0 Å². The third-order valence-corrected chi connectivity index (χ3v) is 4.98. The van der Waals surface area contributed by atoms with Crippen molar-refractivity contribution in [2.75, 3.05) is 11.9 Å². The molecule has 0 spiro atoms. The number of hydrogen-bond donors (Lipinski definition) is 1. The average molecular weight is 284 g/mol. The van der Waals surface area contributed by atoms with Gasteiger partial charge >= 0.3 is 0 Å². The van der Waals surface area contributed by atoms with Crippen LogP contribution in [-0.2, 0) is 5.41 Å². The molecule has 2 nitrogen and oxygen atoms in total. The topological polar surface area (TPSA) is 24.9 Å². The molecule has 1 aromatic carbocycles. The summed E-state index contributed by atoms with van der Waals surface area (Å²) in [4.78, 5) is 4.84. The van der Waals surface area contributed by atoms with Gasteiger partial charge in [0.2, 0.25) is 0 Å². The highest BCUT2D eigenvalue weighted by molar-refractivity contribution is 7.13. The molecule has 0 amide bonds. The summed E-state index contributed by atoms with van der Waals surface area (Å²) in [6.07, 6.45) is 6.87. The summed E-state index contributed by atoms with van der Waals surface area (Å²) in [5, 5.41) is 6.52. The zero-order valence-electron chi connectivity index (χ0n) is 11.6. The van der Waals surface area contributed by atoms with E-state index in [0.717, 1.165) is 11.7 Å². The van der Waals surface area contributed by atoms with E-state index in [4.69, 9.17) is 4.98 Å². The van der Waals surface area contributed by atoms with Crippen LogP contribution < -0.4 is 5.32 Å². The van der Waals surface area contributed by atoms with E-state index in [0.29, 0.717) is 0 Å². The zero-order valence-corrected chi connectivity index (χ0v) is 12.5. The third kappa shape index (κ3) is 2.38. The molecule has 0 atom stereocenters. The van der Waals surface area contributed by atoms with Gasteiger partial charge in [0, 0.05) is 17.3 Å². The second-order valence-electron chi connectivity index (χ2n) is 5.36. The summed E-state index contributed by atoms with van der Waals surface area (Å²) in [7, 11) is 0. The molecule has 1 aliphatic rings. The molecule has 0 radical (unpaired) electrons. The van der Waals surface area contributed by atoms with Gasteiger partial charge in [-0.1, -0.05) is 49.2 Å². The monoisotopic (exact) mass is 284 g/mol. The summed E-state index contributed by atoms with van der Waals surface area (Å²) < 4.78 is 0. The van der Waals surface area contributed by atoms with E-state index in [1.165, 1.54) is 36.9 Å². The minimum atomic E-state index is 0.131. The molecule has 1 N–H and O–H groups in total. The third-order valence-electron chi connectivity index (χ3n) is 4.18. The Bertz CT molecular complexity index is 568. The van der Waals surface area contributed by atoms with Crippen LogP contribution in [0.1, 0.15) is 36.9 Å². The Kier molecular flexibility index (Phi) is 3.88. The molecule has 3 heteroatoms. The highest BCUT2D eigenvalue weighted by Gasteiger charge is 2.39. The van der Waals surface area contributed by atoms with Gasteiger partial charge in [-0.15, -0.1) is 17.9 Å². The molecule has 1 heterocycles. The van der Waals surface area contributed by atoms with Crippen molar-refractivity contribution in [2.45, 2.75) is 31.1 Å². The molecular weight excluding hydrogens is 264 g/mol. The molecule has 1 aliphatic carbocycles. The minimum absolute atomic E-state index is 0.131. The van der Waals surface area contributed by atoms with Crippen molar-refractivity contribution in [3.05, 3.63) is 59.6 Å². The zero-order chi connectivity index (χ0) is 13.8. The fourth-order valence-electron chi connectivity index (χ4n) is 3.16. The van der Waals surface area contributed by atoms with E-state index in [-0.39, 0.29) is 5.41 Å². The Labute approximate surface area is 124 Å². The van der Waals surface area contributed by atoms with Gasteiger partial charge in [-0.25, -0.2) is 4.98 Å². The molecule has 3 rings (SSSR count). The molecule has 104 valence electrons. The molecule has 20 heavy (non-hydrogen) atoms. The highest BCUT2D eigenvalue weighted by Crippen LogP contribution is 2.46. The summed E-state index contributed by atoms with van der Waals surface area (Å²) in [5.74, 6) is 0. The molecule has 1 fully saturated rings. The fourth-order valence-corrected chi connectivity index (χ4v) is 3.98. The first-order valence-corrected chi connectivity index (χ1v) is 8.09. The predicted molar refractivity (Wildman–Crippen MR) is 86.5 cm³/mol. The van der Waals surface area contributed by atoms with Gasteiger partial charge in [-0.2, -0.15) is 0 Å². The molecule has 0 bridgehead atoms. The van der Waals surface area contributed by atoms with Gasteiger partial charge in [0.25, 0.3) is 0 Å². The van der Waals surface area contributed by atoms with Crippen molar-refractivity contribution in [1.82, 2.24) is 4.98 Å². The van der Waals surface area contributed by atoms with Crippen molar-refractivity contribution >= 4 is 16.5 Å². The number of anilines is 1. The lowest BCUT2D eigenvalue weighted by Crippen LogP contribution is -2.24. The molecule has 1 aromatic heterocycles. The van der Waals surface area contributed by atoms with Crippen molar-refractivity contribution in [3.63, 3.8) is 0 Å². The van der Waals surface area contributed by atoms with Gasteiger partial charge in [-0.05, 0) is 18.4 Å². The van der Waals surface area contributed by atoms with Crippen LogP contribution in [0.15, 0.2) is 48.4 Å². The number of benzene rings is 1. The lowest BCUT2D eigenvalue weighted by atomic mass is 9.76. The van der Waals surface area contributed by atoms with Crippen LogP contribution in [0, 0.1) is 0 Å². The standard InChI is InChI=1S/C17H20N2S/c1-2-12-18-16-19-15(13-20-16)17(10-6-7-11-17)14-8-4-3-5-9-14/h2-5,8-9,13H,1,6-7,10-12H2,(H,18,19). The van der Waals surface area contributed by atoms with E-state index < -0.39 is 0 Å². The smallest absolute Gasteiger partial charge is 0.183 e. The van der Waals surface area contributed by atoms with Crippen LogP contribution in [0.25, 0.3) is 0 Å². The maximum Gasteiger partial charge on any atom is 0.183 e. The predicted octanol–water partition coefficient (Wildman–Crippen LogP) is 4.60. The van der Waals surface area contributed by atoms with Gasteiger partial charge in [-0.3, -0.25) is 0 Å². The number of nitrogens with zero attached hydrogens (tertiary/aromatic N) is 1. The van der Waals surface area contributed by atoms with E-state index in [9.17, 15) is 0 Å². The first-order valence-electron chi connectivity index (χ1n) is 7.21. The summed E-state index contributed by atoms with van der Waals surface area (Å²) in [6, 6.07) is 10.9. The summed E-state index contributed by atoms with van der Waals surface area (Å²) in [6.45, 7) is 4.50. The number of thiazole rings is 1. The Morgan fingerprint density at radius 3 is 2.70 bits per heavy atom. The largest absolute Gasteiger partial charge is 0.358 e. The van der Waals surface area contributed by atoms with Crippen LogP contribution in [0.4, 0.5) is 5.13 Å². The van der Waals surface area contributed by atoms with Gasteiger partial charge in [0.05, 0.1) is 5.69 Å². The van der Waals surface area contributed by atoms with Crippen molar-refractivity contribution in [1.29, 1.82) is 0 Å². The Morgan fingerprint density at radius 1 is 1.25 bits per heavy atom. The van der Waals surface area contributed by atoms with E-state index in [1.54, 1.807) is 11.3 Å². The molecule has 2 aromatic rings. The quantitative estimate of drug-likeness (QED) is 0.812. The number of rotatable bonds is 5. The second kappa shape index (κ2) is 5.80. The van der Waals surface area contributed by atoms with E-state index in [1.807, 2.05) is 6.08 Å². The Balaban J connectivity index is 1.95. The maximum atomic E-state index is 4.84. The van der Waals surface area contributed by atoms with Crippen LogP contribution in [0.3, 0.4) is 0 Å². The van der Waals surface area contributed by atoms with Crippen LogP contribution in [0.5, 0.6) is 0 Å². The average Bonchev–Trinajstić information content (AvgIpc) is 3.16. The van der Waals surface area contributed by atoms with Crippen LogP contribution in [0.2, 0.25) is 0 Å². The lowest BCUT2D eigenvalue weighted by Gasteiger charge is -2.27. The van der Waals surface area contributed by atoms with Gasteiger partial charge < -0.3 is 5.32 Å². The molecule has 0 saturated heterocycles. The van der Waals surface area contributed by atoms with Crippen molar-refractivity contribution < 1.29 is 0 Å². The van der Waals surface area contributed by atoms with Gasteiger partial charge in [0.1, 0.15) is 0 Å². The highest BCUT2D eigenvalue weighted by atomic mass is 32.1.